The normalized spacial score (nSPS) is 16.7. The molecule has 222 valence electrons. The number of carboxylic acids is 1. The first-order valence-electron chi connectivity index (χ1n) is 13.4. The number of cyclic esters (lactones) is 1. The molecule has 6 nitrogen and oxygen atoms in total. The summed E-state index contributed by atoms with van der Waals surface area (Å²) in [6.45, 7) is 1.74. The van der Waals surface area contributed by atoms with Crippen molar-refractivity contribution in [3.05, 3.63) is 124 Å². The second kappa shape index (κ2) is 12.4. The highest BCUT2D eigenvalue weighted by atomic mass is 35.5. The molecule has 1 fully saturated rings. The predicted octanol–water partition coefficient (Wildman–Crippen LogP) is 8.31. The van der Waals surface area contributed by atoms with Gasteiger partial charge in [-0.15, -0.1) is 0 Å². The molecule has 0 radical (unpaired) electrons. The number of hydrogen-bond acceptors (Lipinski definition) is 4. The smallest absolute Gasteiger partial charge is 0.416 e. The largest absolute Gasteiger partial charge is 0.488 e. The summed E-state index contributed by atoms with van der Waals surface area (Å²) in [6, 6.07) is 23.7. The van der Waals surface area contributed by atoms with E-state index in [1.165, 1.54) is 11.0 Å². The molecule has 2 unspecified atom stereocenters. The second-order valence-electron chi connectivity index (χ2n) is 10.3. The van der Waals surface area contributed by atoms with E-state index in [0.29, 0.717) is 27.5 Å². The third-order valence-corrected chi connectivity index (χ3v) is 7.54. The fraction of sp³-hybridized carbons (Fsp3) is 0.212. The van der Waals surface area contributed by atoms with Gasteiger partial charge in [-0.3, -0.25) is 9.69 Å². The number of carboxylic acid groups (broad SMARTS) is 1. The van der Waals surface area contributed by atoms with Crippen LogP contribution in [0.3, 0.4) is 0 Å². The van der Waals surface area contributed by atoms with Gasteiger partial charge in [0.05, 0.1) is 24.6 Å². The van der Waals surface area contributed by atoms with E-state index in [1.807, 2.05) is 30.3 Å². The highest BCUT2D eigenvalue weighted by molar-refractivity contribution is 6.30. The number of halogens is 4. The molecule has 1 aliphatic rings. The van der Waals surface area contributed by atoms with E-state index in [0.717, 1.165) is 23.3 Å². The van der Waals surface area contributed by atoms with E-state index >= 15 is 0 Å². The molecule has 1 N–H and O–H groups in total. The molecule has 10 heteroatoms. The molecule has 5 rings (SSSR count). The first kappa shape index (κ1) is 30.0. The van der Waals surface area contributed by atoms with E-state index in [2.05, 4.69) is 0 Å². The summed E-state index contributed by atoms with van der Waals surface area (Å²) in [5, 5.41) is 9.95. The molecule has 1 aliphatic heterocycles. The van der Waals surface area contributed by atoms with Crippen molar-refractivity contribution in [3.63, 3.8) is 0 Å². The minimum absolute atomic E-state index is 0.132. The Morgan fingerprint density at radius 3 is 2.33 bits per heavy atom. The van der Waals surface area contributed by atoms with Crippen LogP contribution < -0.4 is 4.74 Å². The van der Waals surface area contributed by atoms with Crippen molar-refractivity contribution in [2.45, 2.75) is 44.8 Å². The van der Waals surface area contributed by atoms with E-state index < -0.39 is 35.9 Å². The minimum atomic E-state index is -4.63. The number of carbonyl (C=O) groups excluding carboxylic acids is 1. The monoisotopic (exact) mass is 609 g/mol. The Balaban J connectivity index is 1.55. The molecule has 1 amide bonds. The SMILES string of the molecule is CC1C(c2ccccc2)OC(=O)N1Cc1cc(C(F)(F)F)ccc1-c1cc(CC(=O)O)ccc1OCc1ccc(Cl)cc1. The van der Waals surface area contributed by atoms with Gasteiger partial charge in [0.2, 0.25) is 0 Å². The van der Waals surface area contributed by atoms with Crippen molar-refractivity contribution < 1.29 is 37.3 Å². The molecule has 2 atom stereocenters. The Bertz CT molecular complexity index is 1630. The number of hydrogen-bond donors (Lipinski definition) is 1. The highest BCUT2D eigenvalue weighted by Gasteiger charge is 2.40. The van der Waals surface area contributed by atoms with Crippen molar-refractivity contribution in [1.82, 2.24) is 4.90 Å². The number of nitrogens with zero attached hydrogens (tertiary/aromatic N) is 1. The molecule has 1 heterocycles. The summed E-state index contributed by atoms with van der Waals surface area (Å²) in [6.07, 6.45) is -6.17. The average molecular weight is 610 g/mol. The quantitative estimate of drug-likeness (QED) is 0.207. The van der Waals surface area contributed by atoms with Crippen LogP contribution in [0.15, 0.2) is 91.0 Å². The van der Waals surface area contributed by atoms with Gasteiger partial charge in [0, 0.05) is 10.6 Å². The summed E-state index contributed by atoms with van der Waals surface area (Å²) in [5.74, 6) is -0.724. The minimum Gasteiger partial charge on any atom is -0.488 e. The molecule has 4 aromatic carbocycles. The first-order valence-corrected chi connectivity index (χ1v) is 13.8. The number of aliphatic carboxylic acids is 1. The summed E-state index contributed by atoms with van der Waals surface area (Å²) in [5.41, 5.74) is 2.11. The second-order valence-corrected chi connectivity index (χ2v) is 10.7. The Hall–Kier alpha value is -4.50. The van der Waals surface area contributed by atoms with Gasteiger partial charge < -0.3 is 14.6 Å². The third kappa shape index (κ3) is 6.94. The lowest BCUT2D eigenvalue weighted by molar-refractivity contribution is -0.138. The molecule has 0 bridgehead atoms. The Morgan fingerprint density at radius 2 is 1.65 bits per heavy atom. The lowest BCUT2D eigenvalue weighted by Crippen LogP contribution is -2.31. The summed E-state index contributed by atoms with van der Waals surface area (Å²) >= 11 is 5.98. The van der Waals surface area contributed by atoms with Crippen LogP contribution in [-0.2, 0) is 35.3 Å². The highest BCUT2D eigenvalue weighted by Crippen LogP contribution is 2.40. The van der Waals surface area contributed by atoms with Crippen molar-refractivity contribution >= 4 is 23.7 Å². The summed E-state index contributed by atoms with van der Waals surface area (Å²) in [4.78, 5) is 25.9. The molecular weight excluding hydrogens is 583 g/mol. The van der Waals surface area contributed by atoms with Crippen LogP contribution in [0.4, 0.5) is 18.0 Å². The molecule has 43 heavy (non-hydrogen) atoms. The maximum absolute atomic E-state index is 13.9. The third-order valence-electron chi connectivity index (χ3n) is 7.29. The molecule has 4 aromatic rings. The van der Waals surface area contributed by atoms with Crippen LogP contribution in [0.1, 0.15) is 40.8 Å². The van der Waals surface area contributed by atoms with E-state index in [9.17, 15) is 27.9 Å². The van der Waals surface area contributed by atoms with Gasteiger partial charge >= 0.3 is 18.2 Å². The maximum atomic E-state index is 13.9. The zero-order valence-corrected chi connectivity index (χ0v) is 23.7. The van der Waals surface area contributed by atoms with Gasteiger partial charge in [-0.2, -0.15) is 13.2 Å². The van der Waals surface area contributed by atoms with Crippen LogP contribution in [0.2, 0.25) is 5.02 Å². The van der Waals surface area contributed by atoms with Crippen molar-refractivity contribution in [1.29, 1.82) is 0 Å². The standard InChI is InChI=1S/C33H27ClF3NO5/c1-20-31(23-5-3-2-4-6-23)43-32(41)38(20)18-24-17-25(33(35,36)37)10-13-27(24)28-15-22(16-30(39)40)9-14-29(28)42-19-21-7-11-26(34)12-8-21/h2-15,17,20,31H,16,18-19H2,1H3,(H,39,40). The van der Waals surface area contributed by atoms with Gasteiger partial charge in [0.1, 0.15) is 18.5 Å². The predicted molar refractivity (Wildman–Crippen MR) is 155 cm³/mol. The van der Waals surface area contributed by atoms with Gasteiger partial charge in [0.15, 0.2) is 0 Å². The first-order chi connectivity index (χ1) is 20.5. The number of alkyl halides is 3. The van der Waals surface area contributed by atoms with Gasteiger partial charge in [-0.25, -0.2) is 4.79 Å². The fourth-order valence-electron chi connectivity index (χ4n) is 5.09. The van der Waals surface area contributed by atoms with Gasteiger partial charge in [0.25, 0.3) is 0 Å². The molecular formula is C33H27ClF3NO5. The Morgan fingerprint density at radius 1 is 0.953 bits per heavy atom. The molecule has 0 aromatic heterocycles. The van der Waals surface area contributed by atoms with Crippen molar-refractivity contribution in [2.75, 3.05) is 0 Å². The lowest BCUT2D eigenvalue weighted by atomic mass is 9.93. The van der Waals surface area contributed by atoms with Crippen LogP contribution in [0.5, 0.6) is 5.75 Å². The summed E-state index contributed by atoms with van der Waals surface area (Å²) < 4.78 is 53.3. The number of rotatable bonds is 9. The molecule has 1 saturated heterocycles. The summed E-state index contributed by atoms with van der Waals surface area (Å²) in [7, 11) is 0. The molecule has 0 saturated carbocycles. The van der Waals surface area contributed by atoms with Crippen LogP contribution in [0, 0.1) is 0 Å². The Labute approximate surface area is 251 Å². The van der Waals surface area contributed by atoms with E-state index in [-0.39, 0.29) is 25.1 Å². The van der Waals surface area contributed by atoms with Crippen LogP contribution in [0.25, 0.3) is 11.1 Å². The zero-order chi connectivity index (χ0) is 30.7. The van der Waals surface area contributed by atoms with Crippen molar-refractivity contribution in [3.8, 4) is 16.9 Å². The lowest BCUT2D eigenvalue weighted by Gasteiger charge is -2.24. The number of ether oxygens (including phenoxy) is 2. The van der Waals surface area contributed by atoms with Crippen molar-refractivity contribution in [2.24, 2.45) is 0 Å². The Kier molecular flexibility index (Phi) is 8.64. The van der Waals surface area contributed by atoms with E-state index in [1.54, 1.807) is 49.4 Å². The van der Waals surface area contributed by atoms with Crippen LogP contribution >= 0.6 is 11.6 Å². The van der Waals surface area contributed by atoms with Crippen LogP contribution in [-0.4, -0.2) is 28.1 Å². The number of carbonyl (C=O) groups is 2. The number of benzene rings is 4. The number of amides is 1. The fourth-order valence-corrected chi connectivity index (χ4v) is 5.22. The topological polar surface area (TPSA) is 76.1 Å². The maximum Gasteiger partial charge on any atom is 0.416 e. The van der Waals surface area contributed by atoms with Gasteiger partial charge in [-0.05, 0) is 71.1 Å². The zero-order valence-electron chi connectivity index (χ0n) is 23.0. The molecule has 0 aliphatic carbocycles. The average Bonchev–Trinajstić information content (AvgIpc) is 3.25. The van der Waals surface area contributed by atoms with Gasteiger partial charge in [-0.1, -0.05) is 66.2 Å². The van der Waals surface area contributed by atoms with E-state index in [4.69, 9.17) is 21.1 Å². The molecule has 0 spiro atoms.